The molecule has 2 heterocycles. The van der Waals surface area contributed by atoms with Gasteiger partial charge in [0.1, 0.15) is 5.75 Å². The summed E-state index contributed by atoms with van der Waals surface area (Å²) in [6, 6.07) is 12.8. The molecule has 1 saturated heterocycles. The fraction of sp³-hybridized carbons (Fsp3) is 0.423. The second kappa shape index (κ2) is 11.0. The molecule has 0 bridgehead atoms. The largest absolute Gasteiger partial charge is 0.490 e. The lowest BCUT2D eigenvalue weighted by molar-refractivity contribution is -0.121. The van der Waals surface area contributed by atoms with Gasteiger partial charge in [0, 0.05) is 22.8 Å². The van der Waals surface area contributed by atoms with Crippen LogP contribution in [0.2, 0.25) is 10.0 Å². The van der Waals surface area contributed by atoms with Gasteiger partial charge >= 0.3 is 0 Å². The monoisotopic (exact) mass is 514 g/mol. The minimum absolute atomic E-state index is 0.0262. The lowest BCUT2D eigenvalue weighted by Crippen LogP contribution is -2.40. The molecule has 2 aromatic carbocycles. The van der Waals surface area contributed by atoms with Crippen LogP contribution in [0.1, 0.15) is 44.4 Å². The van der Waals surface area contributed by atoms with Gasteiger partial charge in [0.05, 0.1) is 23.6 Å². The van der Waals surface area contributed by atoms with Crippen LogP contribution >= 0.6 is 23.2 Å². The Labute approximate surface area is 214 Å². The molecule has 1 N–H and O–H groups in total. The summed E-state index contributed by atoms with van der Waals surface area (Å²) >= 11 is 12.2. The number of rotatable bonds is 7. The zero-order chi connectivity index (χ0) is 24.2. The highest BCUT2D eigenvalue weighted by atomic mass is 35.5. The number of benzene rings is 2. The second-order valence-electron chi connectivity index (χ2n) is 9.25. The third-order valence-electron chi connectivity index (χ3n) is 6.60. The van der Waals surface area contributed by atoms with Crippen molar-refractivity contribution < 1.29 is 14.1 Å². The van der Waals surface area contributed by atoms with Crippen LogP contribution in [0.25, 0.3) is 11.4 Å². The average Bonchev–Trinajstić information content (AvgIpc) is 3.53. The van der Waals surface area contributed by atoms with Crippen molar-refractivity contribution >= 4 is 34.8 Å². The minimum atomic E-state index is -0.105. The molecule has 2 fully saturated rings. The molecule has 3 aromatic rings. The van der Waals surface area contributed by atoms with Crippen molar-refractivity contribution in [3.63, 3.8) is 0 Å². The number of amides is 1. The van der Waals surface area contributed by atoms with Gasteiger partial charge in [0.25, 0.3) is 0 Å². The molecule has 1 amide bonds. The number of carbonyl (C=O) groups excluding carboxylic acids is 1. The Kier molecular flexibility index (Phi) is 7.56. The number of hydrogen-bond acceptors (Lipinski definition) is 6. The molecular formula is C26H28Cl2N4O3. The molecule has 7 nitrogen and oxygen atoms in total. The summed E-state index contributed by atoms with van der Waals surface area (Å²) in [6.07, 6.45) is 6.81. The third-order valence-corrected chi connectivity index (χ3v) is 7.15. The number of anilines is 1. The highest BCUT2D eigenvalue weighted by molar-refractivity contribution is 6.36. The summed E-state index contributed by atoms with van der Waals surface area (Å²) in [5.41, 5.74) is 1.45. The molecule has 184 valence electrons. The lowest BCUT2D eigenvalue weighted by atomic mass is 9.97. The third kappa shape index (κ3) is 6.15. The molecule has 1 unspecified atom stereocenters. The van der Waals surface area contributed by atoms with E-state index in [1.165, 1.54) is 12.8 Å². The van der Waals surface area contributed by atoms with Gasteiger partial charge in [-0.05, 0) is 87.5 Å². The van der Waals surface area contributed by atoms with E-state index < -0.39 is 0 Å². The fourth-order valence-electron chi connectivity index (χ4n) is 4.76. The molecule has 9 heteroatoms. The maximum atomic E-state index is 12.9. The fourth-order valence-corrected chi connectivity index (χ4v) is 5.26. The van der Waals surface area contributed by atoms with E-state index in [2.05, 4.69) is 20.4 Å². The van der Waals surface area contributed by atoms with Gasteiger partial charge < -0.3 is 14.6 Å². The maximum absolute atomic E-state index is 12.9. The van der Waals surface area contributed by atoms with E-state index in [9.17, 15) is 4.79 Å². The number of halogens is 2. The van der Waals surface area contributed by atoms with Gasteiger partial charge in [0.2, 0.25) is 17.6 Å². The van der Waals surface area contributed by atoms with E-state index >= 15 is 0 Å². The summed E-state index contributed by atoms with van der Waals surface area (Å²) in [4.78, 5) is 19.6. The molecule has 5 rings (SSSR count). The summed E-state index contributed by atoms with van der Waals surface area (Å²) < 4.78 is 11.5. The van der Waals surface area contributed by atoms with Crippen LogP contribution in [0, 0.1) is 5.92 Å². The maximum Gasteiger partial charge on any atom is 0.241 e. The zero-order valence-electron chi connectivity index (χ0n) is 19.4. The topological polar surface area (TPSA) is 80.5 Å². The van der Waals surface area contributed by atoms with Crippen LogP contribution in [-0.4, -0.2) is 40.1 Å². The number of piperidine rings is 1. The van der Waals surface area contributed by atoms with Crippen LogP contribution < -0.4 is 10.1 Å². The van der Waals surface area contributed by atoms with E-state index in [0.29, 0.717) is 46.5 Å². The molecule has 1 aliphatic carbocycles. The van der Waals surface area contributed by atoms with E-state index in [4.69, 9.17) is 32.5 Å². The van der Waals surface area contributed by atoms with Crippen molar-refractivity contribution in [1.82, 2.24) is 15.0 Å². The van der Waals surface area contributed by atoms with E-state index in [-0.39, 0.29) is 11.8 Å². The molecule has 1 atom stereocenters. The Morgan fingerprint density at radius 2 is 1.89 bits per heavy atom. The Balaban J connectivity index is 1.15. The van der Waals surface area contributed by atoms with E-state index in [0.717, 1.165) is 43.7 Å². The smallest absolute Gasteiger partial charge is 0.241 e. The predicted molar refractivity (Wildman–Crippen MR) is 136 cm³/mol. The Bertz CT molecular complexity index is 1160. The number of carbonyl (C=O) groups is 1. The summed E-state index contributed by atoms with van der Waals surface area (Å²) in [5.74, 6) is 1.69. The lowest BCUT2D eigenvalue weighted by Gasteiger charge is -2.30. The molecule has 2 aliphatic rings. The van der Waals surface area contributed by atoms with Crippen LogP contribution in [-0.2, 0) is 11.3 Å². The van der Waals surface area contributed by atoms with Gasteiger partial charge in [0.15, 0.2) is 0 Å². The van der Waals surface area contributed by atoms with E-state index in [1.54, 1.807) is 18.2 Å². The quantitative estimate of drug-likeness (QED) is 0.403. The molecule has 0 spiro atoms. The summed E-state index contributed by atoms with van der Waals surface area (Å²) in [5, 5.41) is 8.14. The van der Waals surface area contributed by atoms with Crippen molar-refractivity contribution in [2.24, 2.45) is 5.92 Å². The summed E-state index contributed by atoms with van der Waals surface area (Å²) in [7, 11) is 0. The van der Waals surface area contributed by atoms with Gasteiger partial charge in [-0.1, -0.05) is 28.4 Å². The SMILES string of the molecule is O=C(Nc1ccc(OC2CCCC2)cc1)C1CCCN(Cc2nc(-c3ccc(Cl)cc3Cl)no2)C1. The van der Waals surface area contributed by atoms with Crippen LogP contribution in [0.15, 0.2) is 47.0 Å². The molecule has 1 saturated carbocycles. The predicted octanol–water partition coefficient (Wildman–Crippen LogP) is 6.22. The van der Waals surface area contributed by atoms with Crippen molar-refractivity contribution in [2.75, 3.05) is 18.4 Å². The first kappa shape index (κ1) is 24.1. The second-order valence-corrected chi connectivity index (χ2v) is 10.1. The van der Waals surface area contributed by atoms with Gasteiger partial charge in [-0.25, -0.2) is 0 Å². The Hall–Kier alpha value is -2.61. The number of nitrogens with one attached hydrogen (secondary N) is 1. The molecule has 35 heavy (non-hydrogen) atoms. The van der Waals surface area contributed by atoms with Crippen LogP contribution in [0.3, 0.4) is 0 Å². The number of ether oxygens (including phenoxy) is 1. The van der Waals surface area contributed by atoms with E-state index in [1.807, 2.05) is 24.3 Å². The number of aromatic nitrogens is 2. The van der Waals surface area contributed by atoms with Gasteiger partial charge in [-0.2, -0.15) is 4.98 Å². The zero-order valence-corrected chi connectivity index (χ0v) is 20.9. The number of hydrogen-bond donors (Lipinski definition) is 1. The molecule has 1 aliphatic heterocycles. The highest BCUT2D eigenvalue weighted by Crippen LogP contribution is 2.29. The molecule has 1 aromatic heterocycles. The normalized spacial score (nSPS) is 19.1. The van der Waals surface area contributed by atoms with Crippen LogP contribution in [0.4, 0.5) is 5.69 Å². The Morgan fingerprint density at radius 1 is 1.09 bits per heavy atom. The molecule has 0 radical (unpaired) electrons. The highest BCUT2D eigenvalue weighted by Gasteiger charge is 2.27. The first-order chi connectivity index (χ1) is 17.0. The van der Waals surface area contributed by atoms with Crippen molar-refractivity contribution in [3.8, 4) is 17.1 Å². The first-order valence-electron chi connectivity index (χ1n) is 12.1. The Morgan fingerprint density at radius 3 is 2.66 bits per heavy atom. The van der Waals surface area contributed by atoms with Crippen LogP contribution in [0.5, 0.6) is 5.75 Å². The van der Waals surface area contributed by atoms with Gasteiger partial charge in [-0.15, -0.1) is 0 Å². The minimum Gasteiger partial charge on any atom is -0.490 e. The van der Waals surface area contributed by atoms with Crippen molar-refractivity contribution in [2.45, 2.75) is 51.2 Å². The first-order valence-corrected chi connectivity index (χ1v) is 12.9. The number of nitrogens with zero attached hydrogens (tertiary/aromatic N) is 3. The van der Waals surface area contributed by atoms with Gasteiger partial charge in [-0.3, -0.25) is 9.69 Å². The molecular weight excluding hydrogens is 487 g/mol. The summed E-state index contributed by atoms with van der Waals surface area (Å²) in [6.45, 7) is 1.99. The van der Waals surface area contributed by atoms with Crippen molar-refractivity contribution in [1.29, 1.82) is 0 Å². The number of likely N-dealkylation sites (tertiary alicyclic amines) is 1. The van der Waals surface area contributed by atoms with Crippen molar-refractivity contribution in [3.05, 3.63) is 58.4 Å². The standard InChI is InChI=1S/C26H28Cl2N4O3/c27-18-7-12-22(23(28)14-18)25-30-24(35-31-25)16-32-13-3-4-17(15-32)26(33)29-19-8-10-21(11-9-19)34-20-5-1-2-6-20/h7-12,14,17,20H,1-6,13,15-16H2,(H,29,33). The average molecular weight is 515 g/mol.